The van der Waals surface area contributed by atoms with Gasteiger partial charge in [0.1, 0.15) is 24.4 Å². The second-order valence-corrected chi connectivity index (χ2v) is 8.77. The highest BCUT2D eigenvalue weighted by molar-refractivity contribution is 4.89. The third-order valence-electron chi connectivity index (χ3n) is 6.03. The summed E-state index contributed by atoms with van der Waals surface area (Å²) >= 11 is 0. The smallest absolute Gasteiger partial charge is 0.114 e. The lowest BCUT2D eigenvalue weighted by Gasteiger charge is -2.23. The molecule has 1 heterocycles. The summed E-state index contributed by atoms with van der Waals surface area (Å²) < 4.78 is 10.9. The predicted molar refractivity (Wildman–Crippen MR) is 123 cm³/mol. The molecule has 0 amide bonds. The molecule has 4 atom stereocenters. The van der Waals surface area contributed by atoms with E-state index in [1.165, 1.54) is 89.9 Å². The fourth-order valence-electron chi connectivity index (χ4n) is 4.03. The van der Waals surface area contributed by atoms with Crippen LogP contribution in [0.2, 0.25) is 0 Å². The van der Waals surface area contributed by atoms with Crippen LogP contribution < -0.4 is 0 Å². The van der Waals surface area contributed by atoms with E-state index in [1.54, 1.807) is 0 Å². The van der Waals surface area contributed by atoms with Crippen molar-refractivity contribution in [2.24, 2.45) is 0 Å². The molecule has 1 fully saturated rings. The Labute approximate surface area is 184 Å². The molecule has 0 saturated carbocycles. The number of hydrogen-bond acceptors (Lipinski definition) is 5. The van der Waals surface area contributed by atoms with Crippen LogP contribution in [-0.4, -0.2) is 59.6 Å². The Morgan fingerprint density at radius 3 is 1.83 bits per heavy atom. The molecular formula is C25H48O5. The zero-order valence-electron chi connectivity index (χ0n) is 19.4. The van der Waals surface area contributed by atoms with Gasteiger partial charge in [-0.15, -0.1) is 0 Å². The predicted octanol–water partition coefficient (Wildman–Crippen LogP) is 4.91. The third-order valence-corrected chi connectivity index (χ3v) is 6.03. The minimum atomic E-state index is -0.998. The van der Waals surface area contributed by atoms with E-state index >= 15 is 0 Å². The van der Waals surface area contributed by atoms with Crippen molar-refractivity contribution < 1.29 is 24.8 Å². The van der Waals surface area contributed by atoms with Crippen LogP contribution in [0.3, 0.4) is 0 Å². The van der Waals surface area contributed by atoms with Gasteiger partial charge in [-0.25, -0.2) is 0 Å². The Morgan fingerprint density at radius 1 is 0.833 bits per heavy atom. The molecule has 0 spiro atoms. The molecule has 1 aliphatic heterocycles. The topological polar surface area (TPSA) is 79.2 Å². The van der Waals surface area contributed by atoms with Gasteiger partial charge in [-0.3, -0.25) is 0 Å². The van der Waals surface area contributed by atoms with Crippen molar-refractivity contribution in [1.82, 2.24) is 0 Å². The minimum absolute atomic E-state index is 0.0840. The number of aliphatic hydroxyl groups excluding tert-OH is 3. The third kappa shape index (κ3) is 13.1. The SMILES string of the molecule is CCCCCCCCCCCCCCCC/C=C/CO[C@@H](CO)[C@@H]1OC[C@@H](O)[C@@H]1O. The molecule has 30 heavy (non-hydrogen) atoms. The monoisotopic (exact) mass is 428 g/mol. The van der Waals surface area contributed by atoms with E-state index in [4.69, 9.17) is 9.47 Å². The van der Waals surface area contributed by atoms with Crippen molar-refractivity contribution in [3.05, 3.63) is 12.2 Å². The van der Waals surface area contributed by atoms with Gasteiger partial charge >= 0.3 is 0 Å². The zero-order chi connectivity index (χ0) is 21.9. The largest absolute Gasteiger partial charge is 0.394 e. The summed E-state index contributed by atoms with van der Waals surface area (Å²) in [5, 5.41) is 28.8. The molecule has 178 valence electrons. The number of aliphatic hydroxyl groups is 3. The summed E-state index contributed by atoms with van der Waals surface area (Å²) in [4.78, 5) is 0. The summed E-state index contributed by atoms with van der Waals surface area (Å²) in [5.41, 5.74) is 0. The van der Waals surface area contributed by atoms with Crippen molar-refractivity contribution in [3.63, 3.8) is 0 Å². The molecule has 1 rings (SSSR count). The first-order chi connectivity index (χ1) is 14.7. The molecular weight excluding hydrogens is 380 g/mol. The summed E-state index contributed by atoms with van der Waals surface area (Å²) in [6, 6.07) is 0. The van der Waals surface area contributed by atoms with Crippen LogP contribution in [0.25, 0.3) is 0 Å². The van der Waals surface area contributed by atoms with E-state index in [9.17, 15) is 15.3 Å². The van der Waals surface area contributed by atoms with Gasteiger partial charge in [-0.2, -0.15) is 0 Å². The zero-order valence-corrected chi connectivity index (χ0v) is 19.4. The molecule has 0 aliphatic carbocycles. The van der Waals surface area contributed by atoms with Crippen LogP contribution in [0.15, 0.2) is 12.2 Å². The maximum absolute atomic E-state index is 9.83. The summed E-state index contributed by atoms with van der Waals surface area (Å²) in [6.45, 7) is 2.50. The van der Waals surface area contributed by atoms with Crippen molar-refractivity contribution in [2.45, 2.75) is 128 Å². The summed E-state index contributed by atoms with van der Waals surface area (Å²) in [6.07, 6.45) is 21.2. The molecule has 3 N–H and O–H groups in total. The molecule has 0 aromatic rings. The molecule has 0 aromatic heterocycles. The highest BCUT2D eigenvalue weighted by atomic mass is 16.6. The second kappa shape index (κ2) is 19.2. The Hall–Kier alpha value is -0.460. The molecule has 1 aliphatic rings. The van der Waals surface area contributed by atoms with E-state index in [-0.39, 0.29) is 13.2 Å². The molecule has 1 saturated heterocycles. The van der Waals surface area contributed by atoms with Gasteiger partial charge in [-0.1, -0.05) is 103 Å². The van der Waals surface area contributed by atoms with Crippen LogP contribution in [0, 0.1) is 0 Å². The van der Waals surface area contributed by atoms with Gasteiger partial charge in [-0.05, 0) is 12.8 Å². The number of ether oxygens (including phenoxy) is 2. The fourth-order valence-corrected chi connectivity index (χ4v) is 4.03. The van der Waals surface area contributed by atoms with Crippen LogP contribution in [0.1, 0.15) is 103 Å². The van der Waals surface area contributed by atoms with Gasteiger partial charge in [0.2, 0.25) is 0 Å². The minimum Gasteiger partial charge on any atom is -0.394 e. The Bertz CT molecular complexity index is 401. The first kappa shape index (κ1) is 27.6. The number of allylic oxidation sites excluding steroid dienone is 1. The maximum Gasteiger partial charge on any atom is 0.114 e. The summed E-state index contributed by atoms with van der Waals surface area (Å²) in [7, 11) is 0. The standard InChI is InChI=1S/C25H48O5/c1-2-3-4-5-6-7-8-9-10-11-12-13-14-15-16-17-18-19-29-23(20-26)25-24(28)22(27)21-30-25/h17-18,22-28H,2-16,19-21H2,1H3/b18-17+/t22-,23+,24+,25+/m1/s1. The Morgan fingerprint density at radius 2 is 1.37 bits per heavy atom. The van der Waals surface area contributed by atoms with Gasteiger partial charge in [0.25, 0.3) is 0 Å². The lowest BCUT2D eigenvalue weighted by atomic mass is 10.0. The molecule has 0 unspecified atom stereocenters. The average Bonchev–Trinajstić information content (AvgIpc) is 3.08. The lowest BCUT2D eigenvalue weighted by molar-refractivity contribution is -0.0942. The number of unbranched alkanes of at least 4 members (excludes halogenated alkanes) is 14. The molecule has 0 radical (unpaired) electrons. The number of rotatable bonds is 20. The van der Waals surface area contributed by atoms with E-state index in [2.05, 4.69) is 13.0 Å². The van der Waals surface area contributed by atoms with Crippen LogP contribution in [-0.2, 0) is 9.47 Å². The normalized spacial score (nSPS) is 22.9. The first-order valence-electron chi connectivity index (χ1n) is 12.6. The van der Waals surface area contributed by atoms with E-state index < -0.39 is 24.4 Å². The summed E-state index contributed by atoms with van der Waals surface area (Å²) in [5.74, 6) is 0. The van der Waals surface area contributed by atoms with E-state index in [0.29, 0.717) is 6.61 Å². The molecule has 5 nitrogen and oxygen atoms in total. The molecule has 0 bridgehead atoms. The van der Waals surface area contributed by atoms with E-state index in [1.807, 2.05) is 6.08 Å². The quantitative estimate of drug-likeness (QED) is 0.190. The molecule has 0 aromatic carbocycles. The fraction of sp³-hybridized carbons (Fsp3) is 0.920. The van der Waals surface area contributed by atoms with Crippen LogP contribution in [0.4, 0.5) is 0 Å². The van der Waals surface area contributed by atoms with Crippen molar-refractivity contribution in [1.29, 1.82) is 0 Å². The van der Waals surface area contributed by atoms with Crippen LogP contribution in [0.5, 0.6) is 0 Å². The lowest BCUT2D eigenvalue weighted by Crippen LogP contribution is -2.42. The van der Waals surface area contributed by atoms with Crippen LogP contribution >= 0.6 is 0 Å². The average molecular weight is 429 g/mol. The van der Waals surface area contributed by atoms with Crippen molar-refractivity contribution in [3.8, 4) is 0 Å². The van der Waals surface area contributed by atoms with Gasteiger partial charge in [0.15, 0.2) is 0 Å². The first-order valence-corrected chi connectivity index (χ1v) is 12.6. The van der Waals surface area contributed by atoms with Crippen molar-refractivity contribution >= 4 is 0 Å². The highest BCUT2D eigenvalue weighted by Crippen LogP contribution is 2.19. The second-order valence-electron chi connectivity index (χ2n) is 8.77. The van der Waals surface area contributed by atoms with Crippen molar-refractivity contribution in [2.75, 3.05) is 19.8 Å². The van der Waals surface area contributed by atoms with Gasteiger partial charge < -0.3 is 24.8 Å². The maximum atomic E-state index is 9.83. The van der Waals surface area contributed by atoms with Gasteiger partial charge in [0, 0.05) is 0 Å². The van der Waals surface area contributed by atoms with E-state index in [0.717, 1.165) is 6.42 Å². The number of hydrogen-bond donors (Lipinski definition) is 3. The Kier molecular flexibility index (Phi) is 17.7. The highest BCUT2D eigenvalue weighted by Gasteiger charge is 2.40. The van der Waals surface area contributed by atoms with Gasteiger partial charge in [0.05, 0.1) is 19.8 Å². The molecule has 5 heteroatoms. The Balaban J connectivity index is 1.85.